The molecular weight excluding hydrogens is 266 g/mol. The van der Waals surface area contributed by atoms with Crippen LogP contribution in [0, 0.1) is 0 Å². The molecule has 19 heavy (non-hydrogen) atoms. The monoisotopic (exact) mass is 283 g/mol. The fourth-order valence-electron chi connectivity index (χ4n) is 2.11. The number of nitrogens with one attached hydrogen (secondary N) is 1. The van der Waals surface area contributed by atoms with Crippen molar-refractivity contribution in [3.63, 3.8) is 0 Å². The fourth-order valence-corrected chi connectivity index (χ4v) is 2.87. The molecule has 1 heterocycles. The lowest BCUT2D eigenvalue weighted by Crippen LogP contribution is -2.27. The van der Waals surface area contributed by atoms with Crippen LogP contribution in [0.5, 0.6) is 0 Å². The van der Waals surface area contributed by atoms with Crippen molar-refractivity contribution in [2.45, 2.75) is 31.8 Å². The van der Waals surface area contributed by atoms with Crippen LogP contribution < -0.4 is 5.32 Å². The molecule has 1 fully saturated rings. The molecule has 0 saturated heterocycles. The Hall–Kier alpha value is -1.40. The number of hydrogen-bond donors (Lipinski definition) is 2. The zero-order valence-corrected chi connectivity index (χ0v) is 11.4. The molecule has 0 bridgehead atoms. The number of thiophene rings is 1. The summed E-state index contributed by atoms with van der Waals surface area (Å²) in [5.74, 6) is -1.25. The summed E-state index contributed by atoms with van der Waals surface area (Å²) in [7, 11) is 0. The molecule has 1 aromatic rings. The molecule has 0 aromatic carbocycles. The number of amides is 1. The third-order valence-electron chi connectivity index (χ3n) is 3.08. The molecule has 1 aliphatic carbocycles. The van der Waals surface area contributed by atoms with Crippen LogP contribution in [-0.4, -0.2) is 36.2 Å². The highest BCUT2D eigenvalue weighted by Crippen LogP contribution is 2.20. The van der Waals surface area contributed by atoms with Crippen molar-refractivity contribution in [1.82, 2.24) is 5.32 Å². The molecule has 2 N–H and O–H groups in total. The molecule has 5 nitrogen and oxygen atoms in total. The Morgan fingerprint density at radius 3 is 2.63 bits per heavy atom. The molecule has 0 radical (unpaired) electrons. The van der Waals surface area contributed by atoms with Crippen LogP contribution in [0.4, 0.5) is 0 Å². The maximum Gasteiger partial charge on any atom is 0.345 e. The van der Waals surface area contributed by atoms with E-state index in [1.807, 2.05) is 0 Å². The van der Waals surface area contributed by atoms with Crippen molar-refractivity contribution < 1.29 is 19.4 Å². The third-order valence-corrected chi connectivity index (χ3v) is 4.16. The second kappa shape index (κ2) is 6.68. The summed E-state index contributed by atoms with van der Waals surface area (Å²) in [6.45, 7) is 0.962. The van der Waals surface area contributed by atoms with E-state index in [9.17, 15) is 9.59 Å². The average Bonchev–Trinajstić information content (AvgIpc) is 3.05. The van der Waals surface area contributed by atoms with E-state index in [4.69, 9.17) is 9.84 Å². The summed E-state index contributed by atoms with van der Waals surface area (Å²) >= 11 is 0.980. The summed E-state index contributed by atoms with van der Waals surface area (Å²) < 4.78 is 5.63. The molecular formula is C13H17NO4S. The van der Waals surface area contributed by atoms with Crippen molar-refractivity contribution in [1.29, 1.82) is 0 Å². The highest BCUT2D eigenvalue weighted by atomic mass is 32.1. The summed E-state index contributed by atoms with van der Waals surface area (Å²) in [6.07, 6.45) is 5.02. The average molecular weight is 283 g/mol. The lowest BCUT2D eigenvalue weighted by Gasteiger charge is -2.11. The van der Waals surface area contributed by atoms with Gasteiger partial charge in [-0.05, 0) is 25.0 Å². The lowest BCUT2D eigenvalue weighted by atomic mass is 10.3. The molecule has 6 heteroatoms. The van der Waals surface area contributed by atoms with E-state index in [1.165, 1.54) is 25.0 Å². The minimum absolute atomic E-state index is 0.173. The predicted octanol–water partition coefficient (Wildman–Crippen LogP) is 2.14. The van der Waals surface area contributed by atoms with E-state index >= 15 is 0 Å². The molecule has 104 valence electrons. The van der Waals surface area contributed by atoms with Gasteiger partial charge in [-0.2, -0.15) is 0 Å². The van der Waals surface area contributed by atoms with Gasteiger partial charge in [0.15, 0.2) is 0 Å². The summed E-state index contributed by atoms with van der Waals surface area (Å²) in [4.78, 5) is 23.0. The molecule has 0 aliphatic heterocycles. The summed E-state index contributed by atoms with van der Waals surface area (Å²) in [5.41, 5.74) is 0. The smallest absolute Gasteiger partial charge is 0.345 e. The minimum atomic E-state index is -1.01. The van der Waals surface area contributed by atoms with Crippen molar-refractivity contribution >= 4 is 23.2 Å². The van der Waals surface area contributed by atoms with Crippen LogP contribution in [0.15, 0.2) is 12.1 Å². The van der Waals surface area contributed by atoms with Crippen molar-refractivity contribution in [2.24, 2.45) is 0 Å². The van der Waals surface area contributed by atoms with E-state index in [0.29, 0.717) is 24.1 Å². The largest absolute Gasteiger partial charge is 0.477 e. The summed E-state index contributed by atoms with van der Waals surface area (Å²) in [5, 5.41) is 11.5. The van der Waals surface area contributed by atoms with Gasteiger partial charge in [0.1, 0.15) is 4.88 Å². The number of rotatable bonds is 6. The first-order valence-corrected chi connectivity index (χ1v) is 7.21. The van der Waals surface area contributed by atoms with Gasteiger partial charge < -0.3 is 15.2 Å². The molecule has 0 atom stereocenters. The number of carboxylic acid groups (broad SMARTS) is 1. The van der Waals surface area contributed by atoms with Gasteiger partial charge in [0.25, 0.3) is 5.91 Å². The quantitative estimate of drug-likeness (QED) is 0.784. The SMILES string of the molecule is O=C(O)c1ccc(C(=O)NCCOC2CCCC2)s1. The number of carbonyl (C=O) groups excluding carboxylic acids is 1. The second-order valence-electron chi connectivity index (χ2n) is 4.50. The molecule has 1 saturated carbocycles. The lowest BCUT2D eigenvalue weighted by molar-refractivity contribution is 0.0582. The van der Waals surface area contributed by atoms with E-state index in [-0.39, 0.29) is 10.8 Å². The van der Waals surface area contributed by atoms with Gasteiger partial charge in [0.05, 0.1) is 17.6 Å². The Labute approximate surface area is 115 Å². The van der Waals surface area contributed by atoms with Gasteiger partial charge in [-0.3, -0.25) is 4.79 Å². The highest BCUT2D eigenvalue weighted by molar-refractivity contribution is 7.15. The number of carboxylic acids is 1. The normalized spacial score (nSPS) is 15.6. The molecule has 1 aromatic heterocycles. The van der Waals surface area contributed by atoms with E-state index in [2.05, 4.69) is 5.32 Å². The number of ether oxygens (including phenoxy) is 1. The van der Waals surface area contributed by atoms with Crippen LogP contribution in [0.25, 0.3) is 0 Å². The van der Waals surface area contributed by atoms with Crippen molar-refractivity contribution in [2.75, 3.05) is 13.2 Å². The Morgan fingerprint density at radius 1 is 1.32 bits per heavy atom. The van der Waals surface area contributed by atoms with Gasteiger partial charge in [-0.25, -0.2) is 4.79 Å². The topological polar surface area (TPSA) is 75.6 Å². The van der Waals surface area contributed by atoms with Crippen LogP contribution in [0.2, 0.25) is 0 Å². The molecule has 1 aliphatic rings. The highest BCUT2D eigenvalue weighted by Gasteiger charge is 2.15. The summed E-state index contributed by atoms with van der Waals surface area (Å²) in [6, 6.07) is 2.97. The first-order chi connectivity index (χ1) is 9.16. The van der Waals surface area contributed by atoms with Gasteiger partial charge in [-0.15, -0.1) is 11.3 Å². The van der Waals surface area contributed by atoms with E-state index in [0.717, 1.165) is 24.2 Å². The minimum Gasteiger partial charge on any atom is -0.477 e. The first kappa shape index (κ1) is 14.0. The number of carbonyl (C=O) groups is 2. The zero-order chi connectivity index (χ0) is 13.7. The Kier molecular flexibility index (Phi) is 4.93. The van der Waals surface area contributed by atoms with Crippen LogP contribution in [-0.2, 0) is 4.74 Å². The number of aromatic carboxylic acids is 1. The second-order valence-corrected chi connectivity index (χ2v) is 5.59. The fraction of sp³-hybridized carbons (Fsp3) is 0.538. The van der Waals surface area contributed by atoms with Crippen LogP contribution in [0.1, 0.15) is 45.0 Å². The molecule has 1 amide bonds. The first-order valence-electron chi connectivity index (χ1n) is 6.40. The van der Waals surface area contributed by atoms with E-state index in [1.54, 1.807) is 0 Å². The third kappa shape index (κ3) is 4.04. The van der Waals surface area contributed by atoms with Crippen molar-refractivity contribution in [3.8, 4) is 0 Å². The van der Waals surface area contributed by atoms with Gasteiger partial charge in [-0.1, -0.05) is 12.8 Å². The van der Waals surface area contributed by atoms with Crippen LogP contribution in [0.3, 0.4) is 0 Å². The van der Waals surface area contributed by atoms with Gasteiger partial charge in [0, 0.05) is 6.54 Å². The number of hydrogen-bond acceptors (Lipinski definition) is 4. The standard InChI is InChI=1S/C13H17NO4S/c15-12(10-5-6-11(19-10)13(16)17)14-7-8-18-9-3-1-2-4-9/h5-6,9H,1-4,7-8H2,(H,14,15)(H,16,17). The predicted molar refractivity (Wildman–Crippen MR) is 71.8 cm³/mol. The maximum absolute atomic E-state index is 11.7. The van der Waals surface area contributed by atoms with E-state index < -0.39 is 5.97 Å². The Bertz CT molecular complexity index is 451. The van der Waals surface area contributed by atoms with Gasteiger partial charge in [0.2, 0.25) is 0 Å². The Morgan fingerprint density at radius 2 is 2.00 bits per heavy atom. The Balaban J connectivity index is 1.69. The molecule has 2 rings (SSSR count). The maximum atomic E-state index is 11.7. The van der Waals surface area contributed by atoms with Crippen molar-refractivity contribution in [3.05, 3.63) is 21.9 Å². The van der Waals surface area contributed by atoms with Crippen LogP contribution >= 0.6 is 11.3 Å². The van der Waals surface area contributed by atoms with Gasteiger partial charge >= 0.3 is 5.97 Å². The molecule has 0 spiro atoms. The molecule has 0 unspecified atom stereocenters. The zero-order valence-electron chi connectivity index (χ0n) is 10.6.